The van der Waals surface area contributed by atoms with Crippen LogP contribution in [0, 0.1) is 0 Å². The van der Waals surface area contributed by atoms with Crippen molar-refractivity contribution in [2.45, 2.75) is 73.6 Å². The fourth-order valence-corrected chi connectivity index (χ4v) is 7.15. The van der Waals surface area contributed by atoms with Gasteiger partial charge in [0.05, 0.1) is 70.1 Å². The van der Waals surface area contributed by atoms with E-state index in [0.29, 0.717) is 0 Å². The topological polar surface area (TPSA) is 496 Å². The van der Waals surface area contributed by atoms with Gasteiger partial charge in [0.2, 0.25) is 0 Å². The van der Waals surface area contributed by atoms with Crippen LogP contribution in [-0.4, -0.2) is 128 Å². The first kappa shape index (κ1) is 72.9. The number of nitrogens with zero attached hydrogens (tertiary/aromatic N) is 3. The number of aliphatic hydroxyl groups is 6. The van der Waals surface area contributed by atoms with Crippen LogP contribution in [0.15, 0.2) is 73.6 Å². The van der Waals surface area contributed by atoms with E-state index in [1.807, 2.05) is 0 Å². The third kappa shape index (κ3) is 22.4. The normalized spacial score (nSPS) is 27.4. The first-order chi connectivity index (χ1) is 30.6. The molecule has 0 saturated carbocycles. The molecule has 13 atom stereocenters. The molecule has 3 aromatic rings. The summed E-state index contributed by atoms with van der Waals surface area (Å²) in [6.07, 6.45) is -8.72. The van der Waals surface area contributed by atoms with Crippen molar-refractivity contribution in [2.24, 2.45) is 0 Å². The molecule has 0 bridgehead atoms. The molecule has 0 amide bonds. The van der Waals surface area contributed by atoms with E-state index in [4.69, 9.17) is 19.1 Å². The van der Waals surface area contributed by atoms with E-state index in [1.54, 1.807) is 0 Å². The molecule has 71 heavy (non-hydrogen) atoms. The van der Waals surface area contributed by atoms with Gasteiger partial charge in [0.15, 0.2) is 55.5 Å². The number of carboxylic acid groups (broad SMARTS) is 3. The third-order valence-corrected chi connectivity index (χ3v) is 10.7. The second-order valence-electron chi connectivity index (χ2n) is 13.9. The molecule has 0 aromatic carbocycles. The Labute approximate surface area is 491 Å². The number of aliphatic hydroxyl groups excluding tert-OH is 6. The van der Waals surface area contributed by atoms with Crippen molar-refractivity contribution in [1.29, 1.82) is 0 Å². The van der Waals surface area contributed by atoms with E-state index in [0.717, 1.165) is 18.6 Å². The van der Waals surface area contributed by atoms with Crippen LogP contribution in [0.4, 0.5) is 0 Å². The van der Waals surface area contributed by atoms with Gasteiger partial charge in [-0.2, -0.15) is 13.7 Å². The number of carbonyl (C=O) groups is 3. The predicted octanol–water partition coefficient (Wildman–Crippen LogP) is -26.9. The molecule has 6 rings (SSSR count). The van der Waals surface area contributed by atoms with Crippen LogP contribution in [0.5, 0.6) is 0 Å². The first-order valence-corrected chi connectivity index (χ1v) is 22.7. The smallest absolute Gasteiger partial charge is 0.790 e. The van der Waals surface area contributed by atoms with Gasteiger partial charge in [-0.05, 0) is 18.2 Å². The summed E-state index contributed by atoms with van der Waals surface area (Å²) in [6.45, 7) is -2.23. The summed E-state index contributed by atoms with van der Waals surface area (Å²) in [5.74, 6) is -4.32. The number of ether oxygens (including phenoxy) is 3. The molecule has 3 saturated heterocycles. The van der Waals surface area contributed by atoms with Crippen LogP contribution < -0.4 is 180 Å². The maximum atomic E-state index is 10.8. The Morgan fingerprint density at radius 1 is 0.493 bits per heavy atom. The van der Waals surface area contributed by atoms with Gasteiger partial charge >= 0.3 is 127 Å². The van der Waals surface area contributed by atoms with Crippen LogP contribution >= 0.6 is 23.5 Å². The minimum atomic E-state index is -5.24. The van der Waals surface area contributed by atoms with E-state index in [-0.39, 0.29) is 144 Å². The molecule has 30 nitrogen and oxygen atoms in total. The zero-order valence-electron chi connectivity index (χ0n) is 38.0. The molecule has 3 fully saturated rings. The van der Waals surface area contributed by atoms with Crippen molar-refractivity contribution in [2.75, 3.05) is 19.8 Å². The zero-order valence-corrected chi connectivity index (χ0v) is 43.8. The summed E-state index contributed by atoms with van der Waals surface area (Å²) in [6, 6.07) is 7.88. The number of carboxylic acids is 3. The van der Waals surface area contributed by atoms with Crippen LogP contribution in [0.1, 0.15) is 49.8 Å². The van der Waals surface area contributed by atoms with Crippen LogP contribution in [-0.2, 0) is 41.5 Å². The van der Waals surface area contributed by atoms with Gasteiger partial charge < -0.3 is 127 Å². The van der Waals surface area contributed by atoms with E-state index >= 15 is 0 Å². The Kier molecular flexibility index (Phi) is 32.8. The third-order valence-electron chi connectivity index (χ3n) is 9.26. The number of phosphoric ester groups is 3. The molecule has 0 aliphatic carbocycles. The fourth-order valence-electron chi connectivity index (χ4n) is 6.15. The van der Waals surface area contributed by atoms with E-state index in [1.165, 1.54) is 68.7 Å². The molecular weight excluding hydrogens is 1030 g/mol. The van der Waals surface area contributed by atoms with Crippen molar-refractivity contribution in [3.8, 4) is 0 Å². The zero-order chi connectivity index (χ0) is 49.5. The van der Waals surface area contributed by atoms with Gasteiger partial charge in [0.1, 0.15) is 36.6 Å². The van der Waals surface area contributed by atoms with E-state index < -0.39 is 135 Å². The summed E-state index contributed by atoms with van der Waals surface area (Å²) >= 11 is 0. The van der Waals surface area contributed by atoms with Crippen LogP contribution in [0.2, 0.25) is 0 Å². The first-order valence-electron chi connectivity index (χ1n) is 18.3. The van der Waals surface area contributed by atoms with Crippen molar-refractivity contribution in [1.82, 2.24) is 0 Å². The molecule has 6 heterocycles. The maximum Gasteiger partial charge on any atom is 1.00 e. The Bertz CT molecular complexity index is 2090. The van der Waals surface area contributed by atoms with Crippen molar-refractivity contribution < 1.29 is 272 Å². The number of pyridine rings is 3. The number of phosphoric acid groups is 3. The quantitative estimate of drug-likeness (QED) is 0.0422. The minimum absolute atomic E-state index is 0. The standard InChI is InChI=1S/3C11H14NO9P.K.4Li/c3*13-8-7(5-20-22(17,18)19)21-10(9(8)14)12-3-1-2-6(4-12)11(15)16;;;;;/h3*1-4,7-10,13-14H,5H2,(H2-,15,16,17,18,19);;;;;/q;;;5*+1/p-5/t3*7-,8-,9-,10-;;;;;/m111...../s1. The molecule has 1 unspecified atom stereocenters. The second-order valence-corrected chi connectivity index (χ2v) is 17.4. The molecule has 3 aromatic heterocycles. The average Bonchev–Trinajstić information content (AvgIpc) is 3.81. The Hall–Kier alpha value is -0.144. The molecular formula is C33H37KLi4N3O27P3. The van der Waals surface area contributed by atoms with Gasteiger partial charge in [-0.15, -0.1) is 0 Å². The summed E-state index contributed by atoms with van der Waals surface area (Å²) < 4.78 is 62.8. The Morgan fingerprint density at radius 2 is 0.732 bits per heavy atom. The molecule has 3 aliphatic rings. The predicted molar refractivity (Wildman–Crippen MR) is 184 cm³/mol. The van der Waals surface area contributed by atoms with Gasteiger partial charge in [0, 0.05) is 18.2 Å². The van der Waals surface area contributed by atoms with E-state index in [9.17, 15) is 98.5 Å². The van der Waals surface area contributed by atoms with Gasteiger partial charge in [-0.25, -0.2) is 0 Å². The summed E-state index contributed by atoms with van der Waals surface area (Å²) in [7, 11) is -15.5. The fraction of sp³-hybridized carbons (Fsp3) is 0.455. The molecule has 0 spiro atoms. The monoisotopic (exact) mass is 1070 g/mol. The van der Waals surface area contributed by atoms with Crippen LogP contribution in [0.25, 0.3) is 0 Å². The van der Waals surface area contributed by atoms with E-state index in [2.05, 4.69) is 13.6 Å². The van der Waals surface area contributed by atoms with Crippen LogP contribution in [0.3, 0.4) is 0 Å². The number of aromatic carboxylic acids is 3. The van der Waals surface area contributed by atoms with Crippen molar-refractivity contribution in [3.05, 3.63) is 90.3 Å². The molecule has 0 radical (unpaired) electrons. The summed E-state index contributed by atoms with van der Waals surface area (Å²) in [5, 5.41) is 91.4. The number of hydrogen-bond acceptors (Lipinski definition) is 26. The Balaban J connectivity index is 0. The molecule has 366 valence electrons. The molecule has 38 heteroatoms. The maximum absolute atomic E-state index is 10.8. The van der Waals surface area contributed by atoms with Crippen molar-refractivity contribution >= 4 is 41.4 Å². The van der Waals surface area contributed by atoms with Gasteiger partial charge in [-0.1, -0.05) is 0 Å². The SMILES string of the molecule is O=C([O-])c1ccc[n+]([C@@H]2O[C@H](COP(=O)([O-])O)[C@@H](O)[C@H]2O)c1.O=C([O-])c1ccc[n+]([C@@H]2O[C@H](COP(=O)([O-])[O-])[C@@H](O)[C@H]2O)c1.O=C([O-])c1ccc[n+]([C@@H]2O[C@H](COP(=O)([O-])[O-])[C@@H](O)[C@H]2O)c1.[K+].[Li+].[Li+].[Li+].[Li+]. The number of aromatic nitrogens is 3. The summed E-state index contributed by atoms with van der Waals surface area (Å²) in [4.78, 5) is 93.1. The number of hydrogen-bond donors (Lipinski definition) is 7. The minimum Gasteiger partial charge on any atom is -0.790 e. The largest absolute Gasteiger partial charge is 1.00 e. The summed E-state index contributed by atoms with van der Waals surface area (Å²) in [5.41, 5.74) is -0.542. The number of rotatable bonds is 15. The molecule has 3 aliphatic heterocycles. The average molecular weight is 1070 g/mol. The van der Waals surface area contributed by atoms with Crippen molar-refractivity contribution in [3.63, 3.8) is 0 Å². The second kappa shape index (κ2) is 31.9. The molecule has 7 N–H and O–H groups in total. The van der Waals surface area contributed by atoms with Gasteiger partial charge in [-0.3, -0.25) is 4.57 Å². The van der Waals surface area contributed by atoms with Gasteiger partial charge in [0.25, 0.3) is 26.5 Å². The number of carbonyl (C=O) groups excluding carboxylic acids is 3. The Morgan fingerprint density at radius 3 is 0.944 bits per heavy atom.